The van der Waals surface area contributed by atoms with Crippen LogP contribution in [-0.2, 0) is 13.6 Å². The van der Waals surface area contributed by atoms with E-state index in [1.807, 2.05) is 6.07 Å². The number of hydrogen-bond acceptors (Lipinski definition) is 2. The molecule has 0 amide bonds. The third-order valence-corrected chi connectivity index (χ3v) is 5.34. The summed E-state index contributed by atoms with van der Waals surface area (Å²) in [4.78, 5) is 12.0. The van der Waals surface area contributed by atoms with Crippen molar-refractivity contribution >= 4 is 41.0 Å². The van der Waals surface area contributed by atoms with E-state index in [4.69, 9.17) is 9.98 Å². The highest BCUT2D eigenvalue weighted by atomic mass is 127. The van der Waals surface area contributed by atoms with Gasteiger partial charge in [-0.1, -0.05) is 42.5 Å². The van der Waals surface area contributed by atoms with E-state index in [9.17, 15) is 0 Å². The summed E-state index contributed by atoms with van der Waals surface area (Å²) in [7, 11) is 2.06. The maximum atomic E-state index is 4.90. The minimum absolute atomic E-state index is 0. The lowest BCUT2D eigenvalue weighted by Gasteiger charge is -2.21. The second-order valence-corrected chi connectivity index (χ2v) is 7.09. The Bertz CT molecular complexity index is 935. The minimum atomic E-state index is 0. The van der Waals surface area contributed by atoms with Crippen LogP contribution in [0.5, 0.6) is 0 Å². The van der Waals surface area contributed by atoms with Crippen molar-refractivity contribution in [1.29, 1.82) is 0 Å². The maximum Gasteiger partial charge on any atom is 0.194 e. The number of halogens is 1. The zero-order chi connectivity index (χ0) is 18.6. The molecule has 0 radical (unpaired) electrons. The molecule has 148 valence electrons. The lowest BCUT2D eigenvalue weighted by Crippen LogP contribution is -2.40. The van der Waals surface area contributed by atoms with Crippen molar-refractivity contribution < 1.29 is 0 Å². The van der Waals surface area contributed by atoms with Crippen molar-refractivity contribution in [1.82, 2.24) is 19.8 Å². The van der Waals surface area contributed by atoms with Crippen LogP contribution < -0.4 is 5.32 Å². The van der Waals surface area contributed by atoms with Crippen LogP contribution in [0.3, 0.4) is 0 Å². The summed E-state index contributed by atoms with van der Waals surface area (Å²) in [6.45, 7) is 5.62. The molecule has 1 aromatic heterocycles. The van der Waals surface area contributed by atoms with Crippen LogP contribution in [0.15, 0.2) is 59.6 Å². The van der Waals surface area contributed by atoms with Gasteiger partial charge in [-0.05, 0) is 31.0 Å². The summed E-state index contributed by atoms with van der Waals surface area (Å²) in [6, 6.07) is 19.0. The van der Waals surface area contributed by atoms with Crippen LogP contribution in [0.25, 0.3) is 11.0 Å². The standard InChI is InChI=1S/C22H27N5.HI/c1-3-23-22(27-14-13-18(16-27)17-9-5-4-6-10-17)24-15-21-25-19-11-7-8-12-20(19)26(21)2;/h4-12,18H,3,13-16H2,1-2H3,(H,23,24);1H. The predicted molar refractivity (Wildman–Crippen MR) is 126 cm³/mol. The van der Waals surface area contributed by atoms with Gasteiger partial charge in [0.15, 0.2) is 5.96 Å². The zero-order valence-electron chi connectivity index (χ0n) is 16.5. The SMILES string of the molecule is CCNC(=NCc1nc2ccccc2n1C)N1CCC(c2ccccc2)C1.I. The predicted octanol–water partition coefficient (Wildman–Crippen LogP) is 4.15. The molecule has 0 saturated carbocycles. The first-order valence-corrected chi connectivity index (χ1v) is 9.74. The normalized spacial score (nSPS) is 17.0. The number of nitrogens with one attached hydrogen (secondary N) is 1. The summed E-state index contributed by atoms with van der Waals surface area (Å²) in [5.41, 5.74) is 3.60. The van der Waals surface area contributed by atoms with Crippen molar-refractivity contribution in [2.24, 2.45) is 12.0 Å². The van der Waals surface area contributed by atoms with Crippen LogP contribution in [0.2, 0.25) is 0 Å². The van der Waals surface area contributed by atoms with E-state index in [1.54, 1.807) is 0 Å². The molecule has 1 aliphatic heterocycles. The number of likely N-dealkylation sites (tertiary alicyclic amines) is 1. The molecule has 4 rings (SSSR count). The van der Waals surface area contributed by atoms with E-state index in [0.29, 0.717) is 12.5 Å². The molecule has 2 aromatic carbocycles. The number of aryl methyl sites for hydroxylation is 1. The molecule has 28 heavy (non-hydrogen) atoms. The van der Waals surface area contributed by atoms with Gasteiger partial charge in [-0.15, -0.1) is 24.0 Å². The Morgan fingerprint density at radius 1 is 1.14 bits per heavy atom. The van der Waals surface area contributed by atoms with E-state index in [2.05, 4.69) is 77.3 Å². The average molecular weight is 489 g/mol. The zero-order valence-corrected chi connectivity index (χ0v) is 18.8. The van der Waals surface area contributed by atoms with Gasteiger partial charge in [-0.25, -0.2) is 9.98 Å². The molecule has 1 N–H and O–H groups in total. The van der Waals surface area contributed by atoms with Crippen LogP contribution in [0.1, 0.15) is 30.7 Å². The Kier molecular flexibility index (Phi) is 6.93. The van der Waals surface area contributed by atoms with Crippen molar-refractivity contribution in [3.05, 3.63) is 66.0 Å². The smallest absolute Gasteiger partial charge is 0.194 e. The number of rotatable bonds is 4. The number of guanidine groups is 1. The summed E-state index contributed by atoms with van der Waals surface area (Å²) in [5, 5.41) is 3.46. The first-order chi connectivity index (χ1) is 13.3. The lowest BCUT2D eigenvalue weighted by atomic mass is 9.99. The van der Waals surface area contributed by atoms with Gasteiger partial charge in [0, 0.05) is 32.6 Å². The van der Waals surface area contributed by atoms with Crippen molar-refractivity contribution in [2.75, 3.05) is 19.6 Å². The van der Waals surface area contributed by atoms with E-state index < -0.39 is 0 Å². The topological polar surface area (TPSA) is 45.5 Å². The summed E-state index contributed by atoms with van der Waals surface area (Å²) in [5.74, 6) is 2.55. The first kappa shape index (κ1) is 20.6. The van der Waals surface area contributed by atoms with Crippen molar-refractivity contribution in [3.8, 4) is 0 Å². The lowest BCUT2D eigenvalue weighted by molar-refractivity contribution is 0.485. The van der Waals surface area contributed by atoms with Gasteiger partial charge in [0.25, 0.3) is 0 Å². The van der Waals surface area contributed by atoms with E-state index in [0.717, 1.165) is 42.5 Å². The summed E-state index contributed by atoms with van der Waals surface area (Å²) in [6.07, 6.45) is 1.17. The van der Waals surface area contributed by atoms with Gasteiger partial charge in [0.1, 0.15) is 12.4 Å². The highest BCUT2D eigenvalue weighted by molar-refractivity contribution is 14.0. The van der Waals surface area contributed by atoms with Crippen LogP contribution >= 0.6 is 24.0 Å². The Labute approximate surface area is 183 Å². The molecule has 0 bridgehead atoms. The van der Waals surface area contributed by atoms with E-state index >= 15 is 0 Å². The molecule has 5 nitrogen and oxygen atoms in total. The number of imidazole rings is 1. The molecule has 2 heterocycles. The highest BCUT2D eigenvalue weighted by Gasteiger charge is 2.26. The molecule has 0 aliphatic carbocycles. The number of nitrogens with zero attached hydrogens (tertiary/aromatic N) is 4. The van der Waals surface area contributed by atoms with Crippen LogP contribution in [0.4, 0.5) is 0 Å². The van der Waals surface area contributed by atoms with Gasteiger partial charge >= 0.3 is 0 Å². The molecule has 3 aromatic rings. The van der Waals surface area contributed by atoms with Gasteiger partial charge in [-0.3, -0.25) is 0 Å². The van der Waals surface area contributed by atoms with E-state index in [1.165, 1.54) is 12.0 Å². The largest absolute Gasteiger partial charge is 0.357 e. The van der Waals surface area contributed by atoms with Gasteiger partial charge in [0.05, 0.1) is 11.0 Å². The molecule has 1 aliphatic rings. The third kappa shape index (κ3) is 4.32. The summed E-state index contributed by atoms with van der Waals surface area (Å²) < 4.78 is 2.14. The monoisotopic (exact) mass is 489 g/mol. The number of aromatic nitrogens is 2. The maximum absolute atomic E-state index is 4.90. The fourth-order valence-electron chi connectivity index (χ4n) is 3.86. The number of benzene rings is 2. The van der Waals surface area contributed by atoms with Gasteiger partial charge in [-0.2, -0.15) is 0 Å². The third-order valence-electron chi connectivity index (χ3n) is 5.34. The Hall–Kier alpha value is -2.09. The minimum Gasteiger partial charge on any atom is -0.357 e. The number of para-hydroxylation sites is 2. The van der Waals surface area contributed by atoms with Crippen molar-refractivity contribution in [3.63, 3.8) is 0 Å². The number of aliphatic imine (C=N–C) groups is 1. The molecular weight excluding hydrogens is 461 g/mol. The fourth-order valence-corrected chi connectivity index (χ4v) is 3.86. The Morgan fingerprint density at radius 3 is 2.64 bits per heavy atom. The molecular formula is C22H28IN5. The highest BCUT2D eigenvalue weighted by Crippen LogP contribution is 2.27. The fraction of sp³-hybridized carbons (Fsp3) is 0.364. The quantitative estimate of drug-likeness (QED) is 0.341. The molecule has 1 atom stereocenters. The number of hydrogen-bond donors (Lipinski definition) is 1. The van der Waals surface area contributed by atoms with Crippen LogP contribution in [0, 0.1) is 0 Å². The molecule has 0 spiro atoms. The number of fused-ring (bicyclic) bond motifs is 1. The van der Waals surface area contributed by atoms with Gasteiger partial charge < -0.3 is 14.8 Å². The summed E-state index contributed by atoms with van der Waals surface area (Å²) >= 11 is 0. The molecule has 1 saturated heterocycles. The Morgan fingerprint density at radius 2 is 1.89 bits per heavy atom. The molecule has 1 unspecified atom stereocenters. The molecule has 1 fully saturated rings. The van der Waals surface area contributed by atoms with E-state index in [-0.39, 0.29) is 24.0 Å². The van der Waals surface area contributed by atoms with Crippen LogP contribution in [-0.4, -0.2) is 40.0 Å². The second-order valence-electron chi connectivity index (χ2n) is 7.09. The van der Waals surface area contributed by atoms with Crippen molar-refractivity contribution in [2.45, 2.75) is 25.8 Å². The molecule has 6 heteroatoms. The average Bonchev–Trinajstić information content (AvgIpc) is 3.32. The first-order valence-electron chi connectivity index (χ1n) is 9.74. The Balaban J connectivity index is 0.00000225. The van der Waals surface area contributed by atoms with Gasteiger partial charge in [0.2, 0.25) is 0 Å². The second kappa shape index (κ2) is 9.41.